The fourth-order valence-corrected chi connectivity index (χ4v) is 1.65. The second kappa shape index (κ2) is 6.98. The highest BCUT2D eigenvalue weighted by Gasteiger charge is 2.21. The Morgan fingerprint density at radius 2 is 2.57 bits per heavy atom. The topological polar surface area (TPSA) is 30.5 Å². The van der Waals surface area contributed by atoms with Gasteiger partial charge >= 0.3 is 0 Å². The predicted molar refractivity (Wildman–Crippen MR) is 57.5 cm³/mol. The van der Waals surface area contributed by atoms with Gasteiger partial charge in [0.1, 0.15) is 0 Å². The lowest BCUT2D eigenvalue weighted by atomic mass is 10.1. The van der Waals surface area contributed by atoms with E-state index in [1.165, 1.54) is 12.8 Å². The number of rotatable bonds is 7. The van der Waals surface area contributed by atoms with E-state index in [1.807, 2.05) is 0 Å². The molecule has 0 aliphatic carbocycles. The molecule has 0 amide bonds. The van der Waals surface area contributed by atoms with Crippen LogP contribution >= 0.6 is 0 Å². The van der Waals surface area contributed by atoms with E-state index in [0.717, 1.165) is 19.8 Å². The van der Waals surface area contributed by atoms with Crippen LogP contribution in [0.15, 0.2) is 12.7 Å². The molecule has 82 valence electrons. The van der Waals surface area contributed by atoms with Crippen molar-refractivity contribution in [2.45, 2.75) is 31.9 Å². The van der Waals surface area contributed by atoms with E-state index in [1.54, 1.807) is 6.08 Å². The van der Waals surface area contributed by atoms with E-state index in [0.29, 0.717) is 18.8 Å². The standard InChI is InChI=1S/C11H21NO2/c1-3-7-13-9-6-12-10(2)11-5-4-8-14-11/h3,10-12H,1,4-9H2,2H3. The summed E-state index contributed by atoms with van der Waals surface area (Å²) in [7, 11) is 0. The normalized spacial score (nSPS) is 23.6. The van der Waals surface area contributed by atoms with Crippen molar-refractivity contribution in [3.05, 3.63) is 12.7 Å². The molecular weight excluding hydrogens is 178 g/mol. The largest absolute Gasteiger partial charge is 0.377 e. The average Bonchev–Trinajstić information content (AvgIpc) is 2.70. The monoisotopic (exact) mass is 199 g/mol. The van der Waals surface area contributed by atoms with Crippen molar-refractivity contribution in [1.29, 1.82) is 0 Å². The fraction of sp³-hybridized carbons (Fsp3) is 0.818. The molecule has 2 unspecified atom stereocenters. The SMILES string of the molecule is C=CCOCCNC(C)C1CCCO1. The van der Waals surface area contributed by atoms with Crippen LogP contribution in [0.4, 0.5) is 0 Å². The summed E-state index contributed by atoms with van der Waals surface area (Å²) in [6, 6.07) is 0.435. The molecule has 1 heterocycles. The Bertz CT molecular complexity index is 155. The molecule has 2 atom stereocenters. The summed E-state index contributed by atoms with van der Waals surface area (Å²) in [5.41, 5.74) is 0. The molecule has 1 rings (SSSR count). The molecule has 0 bridgehead atoms. The molecule has 0 aromatic rings. The summed E-state index contributed by atoms with van der Waals surface area (Å²) in [6.45, 7) is 8.94. The molecule has 1 fully saturated rings. The first-order valence-corrected chi connectivity index (χ1v) is 5.38. The van der Waals surface area contributed by atoms with Gasteiger partial charge in [-0.15, -0.1) is 6.58 Å². The van der Waals surface area contributed by atoms with E-state index in [-0.39, 0.29) is 0 Å². The van der Waals surface area contributed by atoms with Gasteiger partial charge in [0.15, 0.2) is 0 Å². The Labute approximate surface area is 86.5 Å². The van der Waals surface area contributed by atoms with E-state index in [9.17, 15) is 0 Å². The molecule has 1 aliphatic heterocycles. The summed E-state index contributed by atoms with van der Waals surface area (Å²) in [5, 5.41) is 3.40. The van der Waals surface area contributed by atoms with Gasteiger partial charge in [0.25, 0.3) is 0 Å². The van der Waals surface area contributed by atoms with Crippen molar-refractivity contribution < 1.29 is 9.47 Å². The van der Waals surface area contributed by atoms with Crippen molar-refractivity contribution in [1.82, 2.24) is 5.32 Å². The zero-order valence-corrected chi connectivity index (χ0v) is 9.00. The Morgan fingerprint density at radius 3 is 3.21 bits per heavy atom. The molecule has 1 saturated heterocycles. The second-order valence-corrected chi connectivity index (χ2v) is 3.66. The zero-order valence-electron chi connectivity index (χ0n) is 9.00. The van der Waals surface area contributed by atoms with Crippen molar-refractivity contribution in [3.63, 3.8) is 0 Å². The molecule has 0 saturated carbocycles. The third-order valence-electron chi connectivity index (χ3n) is 2.47. The number of nitrogens with one attached hydrogen (secondary N) is 1. The molecule has 0 radical (unpaired) electrons. The molecular formula is C11H21NO2. The van der Waals surface area contributed by atoms with Crippen LogP contribution in [-0.4, -0.2) is 38.5 Å². The van der Waals surface area contributed by atoms with Gasteiger partial charge in [-0.3, -0.25) is 0 Å². The Balaban J connectivity index is 1.96. The van der Waals surface area contributed by atoms with Crippen molar-refractivity contribution in [3.8, 4) is 0 Å². The van der Waals surface area contributed by atoms with Gasteiger partial charge < -0.3 is 14.8 Å². The van der Waals surface area contributed by atoms with Crippen LogP contribution in [0.5, 0.6) is 0 Å². The lowest BCUT2D eigenvalue weighted by molar-refractivity contribution is 0.0790. The van der Waals surface area contributed by atoms with Crippen LogP contribution in [0.2, 0.25) is 0 Å². The molecule has 3 nitrogen and oxygen atoms in total. The van der Waals surface area contributed by atoms with Gasteiger partial charge in [-0.1, -0.05) is 6.08 Å². The minimum absolute atomic E-state index is 0.398. The smallest absolute Gasteiger partial charge is 0.0726 e. The van der Waals surface area contributed by atoms with Crippen LogP contribution in [0.25, 0.3) is 0 Å². The maximum Gasteiger partial charge on any atom is 0.0726 e. The second-order valence-electron chi connectivity index (χ2n) is 3.66. The molecule has 1 N–H and O–H groups in total. The van der Waals surface area contributed by atoms with Gasteiger partial charge in [-0.05, 0) is 19.8 Å². The summed E-state index contributed by atoms with van der Waals surface area (Å²) < 4.78 is 10.8. The van der Waals surface area contributed by atoms with Crippen molar-refractivity contribution >= 4 is 0 Å². The third-order valence-corrected chi connectivity index (χ3v) is 2.47. The maximum absolute atomic E-state index is 5.57. The first-order chi connectivity index (χ1) is 6.84. The van der Waals surface area contributed by atoms with Crippen LogP contribution in [0, 0.1) is 0 Å². The molecule has 0 spiro atoms. The number of hydrogen-bond acceptors (Lipinski definition) is 3. The summed E-state index contributed by atoms with van der Waals surface area (Å²) in [6.07, 6.45) is 4.55. The summed E-state index contributed by atoms with van der Waals surface area (Å²) >= 11 is 0. The highest BCUT2D eigenvalue weighted by Crippen LogP contribution is 2.14. The van der Waals surface area contributed by atoms with Crippen LogP contribution in [0.1, 0.15) is 19.8 Å². The van der Waals surface area contributed by atoms with Gasteiger partial charge in [-0.25, -0.2) is 0 Å². The molecule has 0 aromatic heterocycles. The van der Waals surface area contributed by atoms with Gasteiger partial charge in [0.05, 0.1) is 19.3 Å². The number of ether oxygens (including phenoxy) is 2. The fourth-order valence-electron chi connectivity index (χ4n) is 1.65. The highest BCUT2D eigenvalue weighted by atomic mass is 16.5. The predicted octanol–water partition coefficient (Wildman–Crippen LogP) is 1.35. The molecule has 0 aromatic carbocycles. The summed E-state index contributed by atoms with van der Waals surface area (Å²) in [5.74, 6) is 0. The molecule has 1 aliphatic rings. The zero-order chi connectivity index (χ0) is 10.2. The Kier molecular flexibility index (Phi) is 5.83. The Hall–Kier alpha value is -0.380. The minimum atomic E-state index is 0.398. The number of hydrogen-bond donors (Lipinski definition) is 1. The van der Waals surface area contributed by atoms with Gasteiger partial charge in [0, 0.05) is 19.2 Å². The van der Waals surface area contributed by atoms with Gasteiger partial charge in [-0.2, -0.15) is 0 Å². The maximum atomic E-state index is 5.57. The quantitative estimate of drug-likeness (QED) is 0.496. The van der Waals surface area contributed by atoms with Crippen molar-refractivity contribution in [2.24, 2.45) is 0 Å². The van der Waals surface area contributed by atoms with Gasteiger partial charge in [0.2, 0.25) is 0 Å². The highest BCUT2D eigenvalue weighted by molar-refractivity contribution is 4.76. The van der Waals surface area contributed by atoms with Crippen molar-refractivity contribution in [2.75, 3.05) is 26.4 Å². The first-order valence-electron chi connectivity index (χ1n) is 5.38. The summed E-state index contributed by atoms with van der Waals surface area (Å²) in [4.78, 5) is 0. The molecule has 14 heavy (non-hydrogen) atoms. The third kappa shape index (κ3) is 4.22. The van der Waals surface area contributed by atoms with E-state index in [2.05, 4.69) is 18.8 Å². The average molecular weight is 199 g/mol. The first kappa shape index (κ1) is 11.7. The van der Waals surface area contributed by atoms with E-state index >= 15 is 0 Å². The lowest BCUT2D eigenvalue weighted by Gasteiger charge is -2.19. The van der Waals surface area contributed by atoms with E-state index in [4.69, 9.17) is 9.47 Å². The Morgan fingerprint density at radius 1 is 1.71 bits per heavy atom. The van der Waals surface area contributed by atoms with Crippen LogP contribution in [-0.2, 0) is 9.47 Å². The molecule has 3 heteroatoms. The van der Waals surface area contributed by atoms with E-state index < -0.39 is 0 Å². The van der Waals surface area contributed by atoms with Crippen LogP contribution < -0.4 is 5.32 Å². The minimum Gasteiger partial charge on any atom is -0.377 e. The lowest BCUT2D eigenvalue weighted by Crippen LogP contribution is -2.38. The van der Waals surface area contributed by atoms with Crippen LogP contribution in [0.3, 0.4) is 0 Å².